The van der Waals surface area contributed by atoms with Crippen LogP contribution in [0.4, 0.5) is 0 Å². The van der Waals surface area contributed by atoms with Gasteiger partial charge >= 0.3 is 5.97 Å². The lowest BCUT2D eigenvalue weighted by Crippen LogP contribution is -2.49. The molecule has 1 saturated carbocycles. The van der Waals surface area contributed by atoms with Crippen LogP contribution < -0.4 is 0 Å². The summed E-state index contributed by atoms with van der Waals surface area (Å²) in [5.74, 6) is -0.0469. The highest BCUT2D eigenvalue weighted by Gasteiger charge is 2.29. The molecule has 1 atom stereocenters. The predicted octanol–water partition coefficient (Wildman–Crippen LogP) is 1.57. The molecule has 0 amide bonds. The number of hydrogen-bond donors (Lipinski definition) is 0. The smallest absolute Gasteiger partial charge is 0.320 e. The Morgan fingerprint density at radius 2 is 2.00 bits per heavy atom. The summed E-state index contributed by atoms with van der Waals surface area (Å²) in [5.41, 5.74) is 0. The molecule has 1 aliphatic carbocycles. The van der Waals surface area contributed by atoms with Crippen molar-refractivity contribution in [2.45, 2.75) is 51.2 Å². The van der Waals surface area contributed by atoms with Crippen molar-refractivity contribution in [3.63, 3.8) is 0 Å². The molecule has 0 aromatic carbocycles. The van der Waals surface area contributed by atoms with Crippen molar-refractivity contribution in [1.82, 2.24) is 4.90 Å². The fourth-order valence-corrected chi connectivity index (χ4v) is 2.58. The molecule has 0 radical (unpaired) electrons. The van der Waals surface area contributed by atoms with E-state index in [1.54, 1.807) is 0 Å². The lowest BCUT2D eigenvalue weighted by atomic mass is 9.94. The van der Waals surface area contributed by atoms with Gasteiger partial charge in [-0.2, -0.15) is 0 Å². The molecule has 2 rings (SSSR count). The minimum atomic E-state index is -0.0469. The lowest BCUT2D eigenvalue weighted by Gasteiger charge is -2.38. The van der Waals surface area contributed by atoms with Crippen LogP contribution in [0.2, 0.25) is 0 Å². The van der Waals surface area contributed by atoms with E-state index >= 15 is 0 Å². The second-order valence-electron chi connectivity index (χ2n) is 4.52. The molecular formula is C11H19NO2. The summed E-state index contributed by atoms with van der Waals surface area (Å²) in [5, 5.41) is 0. The van der Waals surface area contributed by atoms with Gasteiger partial charge < -0.3 is 4.74 Å². The summed E-state index contributed by atoms with van der Waals surface area (Å²) in [4.78, 5) is 13.6. The molecule has 0 aromatic heterocycles. The van der Waals surface area contributed by atoms with E-state index in [2.05, 4.69) is 4.90 Å². The van der Waals surface area contributed by atoms with Gasteiger partial charge in [0.25, 0.3) is 0 Å². The highest BCUT2D eigenvalue weighted by molar-refractivity contribution is 5.72. The first-order chi connectivity index (χ1) is 6.75. The summed E-state index contributed by atoms with van der Waals surface area (Å²) in [6.45, 7) is 3.41. The molecule has 3 nitrogen and oxygen atoms in total. The molecule has 80 valence electrons. The zero-order chi connectivity index (χ0) is 9.97. The van der Waals surface area contributed by atoms with E-state index in [4.69, 9.17) is 4.74 Å². The predicted molar refractivity (Wildman–Crippen MR) is 54.0 cm³/mol. The molecule has 0 aromatic rings. The monoisotopic (exact) mass is 197 g/mol. The van der Waals surface area contributed by atoms with Crippen LogP contribution in [0.5, 0.6) is 0 Å². The summed E-state index contributed by atoms with van der Waals surface area (Å²) in [7, 11) is 0. The highest BCUT2D eigenvalue weighted by atomic mass is 16.5. The topological polar surface area (TPSA) is 29.5 Å². The number of carbonyl (C=O) groups is 1. The number of carbonyl (C=O) groups excluding carboxylic acids is 1. The molecule has 0 N–H and O–H groups in total. The van der Waals surface area contributed by atoms with Gasteiger partial charge in [0.05, 0.1) is 6.54 Å². The van der Waals surface area contributed by atoms with Crippen LogP contribution in [-0.4, -0.2) is 36.1 Å². The Labute approximate surface area is 85.4 Å². The van der Waals surface area contributed by atoms with Crippen molar-refractivity contribution in [2.75, 3.05) is 13.1 Å². The third-order valence-electron chi connectivity index (χ3n) is 3.25. The molecule has 2 fully saturated rings. The molecule has 1 unspecified atom stereocenters. The van der Waals surface area contributed by atoms with Gasteiger partial charge in [0.15, 0.2) is 0 Å². The SMILES string of the molecule is CC1CN(C2CCCCC2)CC(=O)O1. The Morgan fingerprint density at radius 3 is 2.64 bits per heavy atom. The van der Waals surface area contributed by atoms with Crippen molar-refractivity contribution >= 4 is 5.97 Å². The Kier molecular flexibility index (Phi) is 3.06. The maximum atomic E-state index is 11.3. The molecule has 0 spiro atoms. The van der Waals surface area contributed by atoms with E-state index in [1.807, 2.05) is 6.92 Å². The Bertz CT molecular complexity index is 211. The lowest BCUT2D eigenvalue weighted by molar-refractivity contribution is -0.159. The first-order valence-electron chi connectivity index (χ1n) is 5.69. The number of morpholine rings is 1. The van der Waals surface area contributed by atoms with E-state index in [9.17, 15) is 4.79 Å². The van der Waals surface area contributed by atoms with Crippen LogP contribution in [0.25, 0.3) is 0 Å². The van der Waals surface area contributed by atoms with Crippen molar-refractivity contribution in [1.29, 1.82) is 0 Å². The van der Waals surface area contributed by atoms with Crippen LogP contribution in [-0.2, 0) is 9.53 Å². The molecule has 0 bridgehead atoms. The van der Waals surface area contributed by atoms with Gasteiger partial charge in [-0.3, -0.25) is 9.69 Å². The summed E-state index contributed by atoms with van der Waals surface area (Å²) in [6, 6.07) is 0.638. The average molecular weight is 197 g/mol. The molecule has 3 heteroatoms. The first-order valence-corrected chi connectivity index (χ1v) is 5.69. The molecule has 2 aliphatic rings. The third kappa shape index (κ3) is 2.27. The molecule has 1 heterocycles. The van der Waals surface area contributed by atoms with Crippen molar-refractivity contribution in [3.8, 4) is 0 Å². The van der Waals surface area contributed by atoms with Crippen molar-refractivity contribution in [2.24, 2.45) is 0 Å². The Balaban J connectivity index is 1.91. The van der Waals surface area contributed by atoms with Gasteiger partial charge in [-0.25, -0.2) is 0 Å². The van der Waals surface area contributed by atoms with E-state index in [0.717, 1.165) is 6.54 Å². The van der Waals surface area contributed by atoms with Gasteiger partial charge in [0.1, 0.15) is 6.10 Å². The number of nitrogens with zero attached hydrogens (tertiary/aromatic N) is 1. The quantitative estimate of drug-likeness (QED) is 0.597. The van der Waals surface area contributed by atoms with Crippen LogP contribution in [0, 0.1) is 0 Å². The Morgan fingerprint density at radius 1 is 1.29 bits per heavy atom. The maximum absolute atomic E-state index is 11.3. The number of cyclic esters (lactones) is 1. The number of esters is 1. The highest BCUT2D eigenvalue weighted by Crippen LogP contribution is 2.24. The zero-order valence-corrected chi connectivity index (χ0v) is 8.87. The summed E-state index contributed by atoms with van der Waals surface area (Å²) < 4.78 is 5.13. The van der Waals surface area contributed by atoms with E-state index < -0.39 is 0 Å². The van der Waals surface area contributed by atoms with Crippen LogP contribution in [0.1, 0.15) is 39.0 Å². The number of rotatable bonds is 1. The molecule has 1 saturated heterocycles. The number of ether oxygens (including phenoxy) is 1. The maximum Gasteiger partial charge on any atom is 0.320 e. The van der Waals surface area contributed by atoms with Crippen LogP contribution in [0.3, 0.4) is 0 Å². The molecule has 1 aliphatic heterocycles. The standard InChI is InChI=1S/C11H19NO2/c1-9-7-12(8-11(13)14-9)10-5-3-2-4-6-10/h9-10H,2-8H2,1H3. The molecule has 14 heavy (non-hydrogen) atoms. The van der Waals surface area contributed by atoms with E-state index in [0.29, 0.717) is 12.6 Å². The van der Waals surface area contributed by atoms with Gasteiger partial charge in [-0.1, -0.05) is 19.3 Å². The fraction of sp³-hybridized carbons (Fsp3) is 0.909. The van der Waals surface area contributed by atoms with Crippen molar-refractivity contribution < 1.29 is 9.53 Å². The summed E-state index contributed by atoms with van der Waals surface area (Å²) >= 11 is 0. The van der Waals surface area contributed by atoms with Gasteiger partial charge in [0, 0.05) is 12.6 Å². The van der Waals surface area contributed by atoms with Crippen LogP contribution in [0.15, 0.2) is 0 Å². The van der Waals surface area contributed by atoms with Crippen molar-refractivity contribution in [3.05, 3.63) is 0 Å². The van der Waals surface area contributed by atoms with Gasteiger partial charge in [0.2, 0.25) is 0 Å². The minimum absolute atomic E-state index is 0.0469. The summed E-state index contributed by atoms with van der Waals surface area (Å²) in [6.07, 6.45) is 6.62. The third-order valence-corrected chi connectivity index (χ3v) is 3.25. The van der Waals surface area contributed by atoms with E-state index in [-0.39, 0.29) is 12.1 Å². The minimum Gasteiger partial charge on any atom is -0.460 e. The normalized spacial score (nSPS) is 31.5. The van der Waals surface area contributed by atoms with Gasteiger partial charge in [-0.05, 0) is 19.8 Å². The molecular weight excluding hydrogens is 178 g/mol. The second-order valence-corrected chi connectivity index (χ2v) is 4.52. The van der Waals surface area contributed by atoms with Gasteiger partial charge in [-0.15, -0.1) is 0 Å². The fourth-order valence-electron chi connectivity index (χ4n) is 2.58. The zero-order valence-electron chi connectivity index (χ0n) is 8.87. The van der Waals surface area contributed by atoms with Crippen LogP contribution >= 0.6 is 0 Å². The first kappa shape index (κ1) is 9.97. The number of hydrogen-bond acceptors (Lipinski definition) is 3. The Hall–Kier alpha value is -0.570. The largest absolute Gasteiger partial charge is 0.460 e. The van der Waals surface area contributed by atoms with E-state index in [1.165, 1.54) is 32.1 Å². The second kappa shape index (κ2) is 4.30. The average Bonchev–Trinajstić information content (AvgIpc) is 2.18.